The van der Waals surface area contributed by atoms with Crippen molar-refractivity contribution in [2.75, 3.05) is 19.8 Å². The van der Waals surface area contributed by atoms with E-state index in [9.17, 15) is 45.6 Å². The number of ether oxygens (including phenoxy) is 4. The van der Waals surface area contributed by atoms with Crippen LogP contribution in [0.4, 0.5) is 0 Å². The molecule has 14 nitrogen and oxygen atoms in total. The predicted octanol–water partition coefficient (Wildman–Crippen LogP) is 5.32. The van der Waals surface area contributed by atoms with E-state index in [-0.39, 0.29) is 18.9 Å². The average molecular weight is 884 g/mol. The second-order valence-corrected chi connectivity index (χ2v) is 16.9. The van der Waals surface area contributed by atoms with Crippen LogP contribution in [0, 0.1) is 0 Å². The molecular weight excluding hydrogens is 799 g/mol. The normalized spacial score (nSPS) is 28.2. The molecule has 0 aromatic carbocycles. The third-order valence-electron chi connectivity index (χ3n) is 11.5. The van der Waals surface area contributed by atoms with E-state index < -0.39 is 86.8 Å². The Labute approximate surface area is 372 Å². The Morgan fingerprint density at radius 3 is 1.71 bits per heavy atom. The molecule has 0 spiro atoms. The monoisotopic (exact) mass is 884 g/mol. The minimum absolute atomic E-state index is 0.254. The van der Waals surface area contributed by atoms with Crippen molar-refractivity contribution < 1.29 is 64.6 Å². The fraction of sp³-hybridized carbons (Fsp3) is 0.812. The maximum absolute atomic E-state index is 13.1. The van der Waals surface area contributed by atoms with Crippen LogP contribution in [0.2, 0.25) is 0 Å². The first-order valence-corrected chi connectivity index (χ1v) is 23.9. The van der Waals surface area contributed by atoms with Crippen molar-refractivity contribution in [3.8, 4) is 0 Å². The third-order valence-corrected chi connectivity index (χ3v) is 11.5. The maximum Gasteiger partial charge on any atom is 0.220 e. The Kier molecular flexibility index (Phi) is 31.9. The summed E-state index contributed by atoms with van der Waals surface area (Å²) >= 11 is 0. The molecule has 0 radical (unpaired) electrons. The predicted molar refractivity (Wildman–Crippen MR) is 240 cm³/mol. The van der Waals surface area contributed by atoms with Crippen LogP contribution in [0.3, 0.4) is 0 Å². The molecule has 0 saturated carbocycles. The zero-order chi connectivity index (χ0) is 45.4. The summed E-state index contributed by atoms with van der Waals surface area (Å²) in [5.41, 5.74) is 0. The molecule has 1 amide bonds. The quantitative estimate of drug-likeness (QED) is 0.0291. The second kappa shape index (κ2) is 35.2. The van der Waals surface area contributed by atoms with E-state index in [1.54, 1.807) is 6.08 Å². The molecule has 9 N–H and O–H groups in total. The SMILES string of the molecule is CC/C=C\C/C=C\C/C=C\CCCCCCCCCC(=O)NC(COC1OC(CO)C(OC2OC(CO)C(O)C(O)C2O)C(O)C1O)C(O)/C=C/CCCCCCCCCCC. The van der Waals surface area contributed by atoms with Gasteiger partial charge in [0.15, 0.2) is 12.6 Å². The number of unbranched alkanes of at least 4 members (excludes halogenated alkanes) is 16. The molecule has 12 unspecified atom stereocenters. The Morgan fingerprint density at radius 1 is 0.597 bits per heavy atom. The van der Waals surface area contributed by atoms with Crippen molar-refractivity contribution in [2.45, 2.75) is 229 Å². The summed E-state index contributed by atoms with van der Waals surface area (Å²) in [4.78, 5) is 13.1. The molecule has 2 aliphatic rings. The first-order valence-electron chi connectivity index (χ1n) is 23.9. The highest BCUT2D eigenvalue weighted by atomic mass is 16.7. The number of aliphatic hydroxyl groups is 8. The summed E-state index contributed by atoms with van der Waals surface area (Å²) < 4.78 is 22.6. The molecule has 0 aromatic heterocycles. The van der Waals surface area contributed by atoms with Crippen LogP contribution in [0.25, 0.3) is 0 Å². The smallest absolute Gasteiger partial charge is 0.220 e. The lowest BCUT2D eigenvalue weighted by Crippen LogP contribution is -2.65. The summed E-state index contributed by atoms with van der Waals surface area (Å²) in [7, 11) is 0. The molecule has 0 aliphatic carbocycles. The number of aliphatic hydroxyl groups excluding tert-OH is 8. The topological polar surface area (TPSA) is 228 Å². The van der Waals surface area contributed by atoms with Gasteiger partial charge in [-0.05, 0) is 51.4 Å². The van der Waals surface area contributed by atoms with Gasteiger partial charge < -0.3 is 65.1 Å². The van der Waals surface area contributed by atoms with E-state index >= 15 is 0 Å². The molecule has 2 fully saturated rings. The molecule has 2 rings (SSSR count). The highest BCUT2D eigenvalue weighted by Gasteiger charge is 2.51. The lowest BCUT2D eigenvalue weighted by atomic mass is 9.97. The van der Waals surface area contributed by atoms with Crippen LogP contribution >= 0.6 is 0 Å². The molecule has 14 heteroatoms. The lowest BCUT2D eigenvalue weighted by Gasteiger charge is -2.46. The summed E-state index contributed by atoms with van der Waals surface area (Å²) in [6.45, 7) is 2.63. The third kappa shape index (κ3) is 22.7. The number of carbonyl (C=O) groups is 1. The van der Waals surface area contributed by atoms with Crippen molar-refractivity contribution in [3.05, 3.63) is 48.6 Å². The molecule has 360 valence electrons. The number of hydrogen-bond donors (Lipinski definition) is 9. The van der Waals surface area contributed by atoms with Crippen molar-refractivity contribution >= 4 is 5.91 Å². The van der Waals surface area contributed by atoms with Crippen molar-refractivity contribution in [3.63, 3.8) is 0 Å². The first-order chi connectivity index (χ1) is 30.1. The van der Waals surface area contributed by atoms with Gasteiger partial charge in [-0.2, -0.15) is 0 Å². The number of hydrogen-bond acceptors (Lipinski definition) is 13. The van der Waals surface area contributed by atoms with Crippen LogP contribution in [-0.2, 0) is 23.7 Å². The van der Waals surface area contributed by atoms with Gasteiger partial charge in [0, 0.05) is 6.42 Å². The second-order valence-electron chi connectivity index (χ2n) is 16.9. The van der Waals surface area contributed by atoms with E-state index in [0.29, 0.717) is 6.42 Å². The van der Waals surface area contributed by atoms with E-state index in [2.05, 4.69) is 55.6 Å². The van der Waals surface area contributed by atoms with Crippen molar-refractivity contribution in [1.82, 2.24) is 5.32 Å². The summed E-state index contributed by atoms with van der Waals surface area (Å²) in [6, 6.07) is -0.918. The van der Waals surface area contributed by atoms with E-state index in [1.165, 1.54) is 57.8 Å². The first kappa shape index (κ1) is 56.1. The lowest BCUT2D eigenvalue weighted by molar-refractivity contribution is -0.359. The van der Waals surface area contributed by atoms with Crippen molar-refractivity contribution in [2.24, 2.45) is 0 Å². The van der Waals surface area contributed by atoms with Gasteiger partial charge in [-0.1, -0.05) is 146 Å². The zero-order valence-electron chi connectivity index (χ0n) is 37.8. The van der Waals surface area contributed by atoms with Gasteiger partial charge in [-0.25, -0.2) is 0 Å². The van der Waals surface area contributed by atoms with Crippen LogP contribution in [0.1, 0.15) is 155 Å². The van der Waals surface area contributed by atoms with Crippen LogP contribution in [0.15, 0.2) is 48.6 Å². The number of amides is 1. The minimum Gasteiger partial charge on any atom is -0.394 e. The fourth-order valence-electron chi connectivity index (χ4n) is 7.60. The van der Waals surface area contributed by atoms with Gasteiger partial charge in [0.1, 0.15) is 48.8 Å². The number of allylic oxidation sites excluding steroid dienone is 7. The molecule has 2 heterocycles. The van der Waals surface area contributed by atoms with E-state index in [0.717, 1.165) is 70.6 Å². The van der Waals surface area contributed by atoms with Gasteiger partial charge in [-0.15, -0.1) is 0 Å². The van der Waals surface area contributed by atoms with Crippen LogP contribution in [0.5, 0.6) is 0 Å². The Hall–Kier alpha value is -2.05. The van der Waals surface area contributed by atoms with Gasteiger partial charge >= 0.3 is 0 Å². The van der Waals surface area contributed by atoms with Crippen molar-refractivity contribution in [1.29, 1.82) is 0 Å². The van der Waals surface area contributed by atoms with Crippen LogP contribution in [-0.4, -0.2) is 140 Å². The maximum atomic E-state index is 13.1. The van der Waals surface area contributed by atoms with Gasteiger partial charge in [-0.3, -0.25) is 4.79 Å². The number of rotatable bonds is 35. The molecule has 62 heavy (non-hydrogen) atoms. The minimum atomic E-state index is -1.79. The highest BCUT2D eigenvalue weighted by molar-refractivity contribution is 5.76. The van der Waals surface area contributed by atoms with Gasteiger partial charge in [0.2, 0.25) is 5.91 Å². The summed E-state index contributed by atoms with van der Waals surface area (Å²) in [6.07, 6.45) is 23.0. The Morgan fingerprint density at radius 2 is 1.11 bits per heavy atom. The summed E-state index contributed by atoms with van der Waals surface area (Å²) in [5.74, 6) is -0.254. The zero-order valence-corrected chi connectivity index (χ0v) is 37.8. The molecule has 0 aromatic rings. The molecule has 2 aliphatic heterocycles. The Balaban J connectivity index is 1.87. The molecule has 12 atom stereocenters. The fourth-order valence-corrected chi connectivity index (χ4v) is 7.60. The van der Waals surface area contributed by atoms with Gasteiger partial charge in [0.25, 0.3) is 0 Å². The highest BCUT2D eigenvalue weighted by Crippen LogP contribution is 2.30. The van der Waals surface area contributed by atoms with Crippen LogP contribution < -0.4 is 5.32 Å². The van der Waals surface area contributed by atoms with Gasteiger partial charge in [0.05, 0.1) is 32.0 Å². The summed E-state index contributed by atoms with van der Waals surface area (Å²) in [5, 5.41) is 86.5. The Bertz CT molecular complexity index is 1230. The molecular formula is C48H85NO13. The van der Waals surface area contributed by atoms with E-state index in [1.807, 2.05) is 6.08 Å². The molecule has 2 saturated heterocycles. The standard InChI is InChI=1S/C48H85NO13/c1-3-5-7-9-11-13-15-16-17-18-19-20-22-24-26-28-30-32-40(53)49-36(37(52)31-29-27-25-23-21-14-12-10-8-6-4-2)35-59-47-45(58)43(56)46(39(34-51)61-47)62-48-44(57)42(55)41(54)38(33-50)60-48/h5,7,11,13,16-17,29,31,36-39,41-48,50-52,54-58H,3-4,6,8-10,12,14-15,18-28,30,32-35H2,1-2H3,(H,49,53)/b7-5-,13-11-,17-16-,31-29+. The molecule has 0 bridgehead atoms. The number of nitrogens with one attached hydrogen (secondary N) is 1. The number of carbonyl (C=O) groups excluding carboxylic acids is 1. The van der Waals surface area contributed by atoms with E-state index in [4.69, 9.17) is 18.9 Å². The average Bonchev–Trinajstić information content (AvgIpc) is 3.27. The largest absolute Gasteiger partial charge is 0.394 e.